The molecule has 0 spiro atoms. The third-order valence-corrected chi connectivity index (χ3v) is 13.7. The SMILES string of the molecule is CCCCC[N+]1=C(CCCC2N(c3cccc(S(=O)(=O)O)c3)c3cc(S(=O)(=O)O)c4cc(S(=O)(=O)O)ccc4c3C2(C)C)C(C)(C)c2cc(C)ccc21. The molecule has 0 bridgehead atoms. The zero-order chi connectivity index (χ0) is 38.9. The molecule has 284 valence electrons. The van der Waals surface area contributed by atoms with Crippen molar-refractivity contribution in [3.05, 3.63) is 83.4 Å². The van der Waals surface area contributed by atoms with Crippen molar-refractivity contribution in [3.8, 4) is 0 Å². The summed E-state index contributed by atoms with van der Waals surface area (Å²) in [6.07, 6.45) is 5.30. The first-order valence-electron chi connectivity index (χ1n) is 17.8. The summed E-state index contributed by atoms with van der Waals surface area (Å²) < 4.78 is 107. The van der Waals surface area contributed by atoms with Crippen LogP contribution in [-0.2, 0) is 41.2 Å². The molecule has 4 aromatic carbocycles. The van der Waals surface area contributed by atoms with Crippen LogP contribution in [0.2, 0.25) is 0 Å². The number of aryl methyl sites for hydroxylation is 1. The number of nitrogens with zero attached hydrogens (tertiary/aromatic N) is 2. The second-order valence-corrected chi connectivity index (χ2v) is 19.6. The van der Waals surface area contributed by atoms with Gasteiger partial charge in [-0.25, -0.2) is 0 Å². The molecule has 0 saturated heterocycles. The van der Waals surface area contributed by atoms with E-state index in [1.54, 1.807) is 6.07 Å². The Morgan fingerprint density at radius 2 is 1.43 bits per heavy atom. The number of hydrogen-bond donors (Lipinski definition) is 3. The van der Waals surface area contributed by atoms with Crippen LogP contribution in [0.5, 0.6) is 0 Å². The molecule has 2 heterocycles. The van der Waals surface area contributed by atoms with Gasteiger partial charge in [0.25, 0.3) is 30.4 Å². The molecule has 3 N–H and O–H groups in total. The number of rotatable bonds is 12. The van der Waals surface area contributed by atoms with Crippen LogP contribution in [0.1, 0.15) is 89.8 Å². The van der Waals surface area contributed by atoms with Crippen molar-refractivity contribution < 1.29 is 43.5 Å². The van der Waals surface area contributed by atoms with Gasteiger partial charge < -0.3 is 4.90 Å². The molecule has 1 unspecified atom stereocenters. The smallest absolute Gasteiger partial charge is 0.295 e. The molecule has 11 nitrogen and oxygen atoms in total. The normalized spacial score (nSPS) is 18.1. The molecule has 0 saturated carbocycles. The summed E-state index contributed by atoms with van der Waals surface area (Å²) in [7, 11) is -14.3. The summed E-state index contributed by atoms with van der Waals surface area (Å²) in [4.78, 5) is 0.419. The molecule has 2 aliphatic heterocycles. The Bertz CT molecular complexity index is 2510. The van der Waals surface area contributed by atoms with Crippen LogP contribution in [0.25, 0.3) is 10.8 Å². The van der Waals surface area contributed by atoms with E-state index in [1.807, 2.05) is 18.7 Å². The molecular formula is C39H47N2O9S3+. The highest BCUT2D eigenvalue weighted by Gasteiger charge is 2.49. The third-order valence-electron chi connectivity index (χ3n) is 11.1. The largest absolute Gasteiger partial charge is 0.337 e. The van der Waals surface area contributed by atoms with Gasteiger partial charge in [0, 0.05) is 52.7 Å². The van der Waals surface area contributed by atoms with E-state index in [4.69, 9.17) is 0 Å². The molecule has 0 fully saturated rings. The lowest BCUT2D eigenvalue weighted by molar-refractivity contribution is -0.440. The van der Waals surface area contributed by atoms with Crippen LogP contribution in [0.4, 0.5) is 17.1 Å². The lowest BCUT2D eigenvalue weighted by Crippen LogP contribution is -2.39. The maximum absolute atomic E-state index is 12.9. The zero-order valence-corrected chi connectivity index (χ0v) is 33.2. The highest BCUT2D eigenvalue weighted by molar-refractivity contribution is 7.86. The predicted octanol–water partition coefficient (Wildman–Crippen LogP) is 8.12. The summed E-state index contributed by atoms with van der Waals surface area (Å²) in [5.74, 6) is 0. The molecule has 0 radical (unpaired) electrons. The number of hydrogen-bond acceptors (Lipinski definition) is 7. The van der Waals surface area contributed by atoms with E-state index in [-0.39, 0.29) is 15.7 Å². The maximum atomic E-state index is 12.9. The van der Waals surface area contributed by atoms with E-state index in [0.717, 1.165) is 38.3 Å². The fraction of sp³-hybridized carbons (Fsp3) is 0.410. The molecule has 4 aromatic rings. The van der Waals surface area contributed by atoms with Gasteiger partial charge in [0.2, 0.25) is 5.69 Å². The molecule has 0 amide bonds. The first-order valence-corrected chi connectivity index (χ1v) is 22.1. The number of unbranched alkanes of at least 4 members (excludes halogenated alkanes) is 2. The fourth-order valence-corrected chi connectivity index (χ4v) is 10.3. The van der Waals surface area contributed by atoms with Crippen molar-refractivity contribution in [2.75, 3.05) is 11.4 Å². The Morgan fingerprint density at radius 3 is 2.08 bits per heavy atom. The molecule has 2 aliphatic rings. The molecule has 6 rings (SSSR count). The minimum absolute atomic E-state index is 0.0826. The van der Waals surface area contributed by atoms with E-state index in [9.17, 15) is 38.9 Å². The van der Waals surface area contributed by atoms with Crippen molar-refractivity contribution in [3.63, 3.8) is 0 Å². The third kappa shape index (κ3) is 7.05. The molecule has 1 atom stereocenters. The van der Waals surface area contributed by atoms with Crippen LogP contribution < -0.4 is 4.90 Å². The summed E-state index contributed by atoms with van der Waals surface area (Å²) in [6.45, 7) is 13.7. The Labute approximate surface area is 312 Å². The molecule has 14 heteroatoms. The summed E-state index contributed by atoms with van der Waals surface area (Å²) in [5, 5.41) is 0.269. The molecule has 53 heavy (non-hydrogen) atoms. The van der Waals surface area contributed by atoms with Crippen molar-refractivity contribution in [1.29, 1.82) is 0 Å². The maximum Gasteiger partial charge on any atom is 0.295 e. The van der Waals surface area contributed by atoms with Gasteiger partial charge in [-0.2, -0.15) is 29.8 Å². The van der Waals surface area contributed by atoms with Crippen LogP contribution in [0.15, 0.2) is 81.4 Å². The molecule has 0 aliphatic carbocycles. The van der Waals surface area contributed by atoms with Gasteiger partial charge in [-0.15, -0.1) is 0 Å². The molecule has 0 aromatic heterocycles. The summed E-state index contributed by atoms with van der Waals surface area (Å²) in [5.41, 5.74) is 5.44. The van der Waals surface area contributed by atoms with Gasteiger partial charge in [0.05, 0.1) is 15.2 Å². The van der Waals surface area contributed by atoms with Crippen molar-refractivity contribution in [2.45, 2.75) is 112 Å². The second kappa shape index (κ2) is 13.6. The average molecular weight is 784 g/mol. The Kier molecular flexibility index (Phi) is 10.00. The zero-order valence-electron chi connectivity index (χ0n) is 30.8. The number of benzene rings is 4. The standard InChI is InChI=1S/C39H46N2O9S3/c1-7-8-9-20-40-32-19-16-25(2)21-31(32)38(3,4)35(40)14-11-15-36-39(5,6)37-29-18-17-28(52(45,46)47)23-30(29)34(53(48,49)50)24-33(37)41(36)26-12-10-13-27(22-26)51(42,43)44/h10,12-13,16-19,21-24,36H,7-9,11,14-15,20H2,1-6H3,(H2-,42,43,44,45,46,47,48,49,50)/p+1. The lowest BCUT2D eigenvalue weighted by atomic mass is 9.75. The molecular weight excluding hydrogens is 737 g/mol. The monoisotopic (exact) mass is 783 g/mol. The topological polar surface area (TPSA) is 169 Å². The van der Waals surface area contributed by atoms with Crippen LogP contribution in [0, 0.1) is 6.92 Å². The lowest BCUT2D eigenvalue weighted by Gasteiger charge is -2.35. The Hall–Kier alpha value is -3.66. The van der Waals surface area contributed by atoms with Gasteiger partial charge >= 0.3 is 0 Å². The van der Waals surface area contributed by atoms with Crippen LogP contribution >= 0.6 is 0 Å². The minimum Gasteiger partial charge on any atom is -0.337 e. The van der Waals surface area contributed by atoms with Gasteiger partial charge in [0.15, 0.2) is 5.71 Å². The van der Waals surface area contributed by atoms with Crippen LogP contribution in [0.3, 0.4) is 0 Å². The van der Waals surface area contributed by atoms with Crippen LogP contribution in [-0.4, -0.2) is 61.8 Å². The van der Waals surface area contributed by atoms with Crippen molar-refractivity contribution >= 4 is 63.9 Å². The number of anilines is 2. The van der Waals surface area contributed by atoms with E-state index >= 15 is 0 Å². The Balaban J connectivity index is 1.50. The van der Waals surface area contributed by atoms with Crippen molar-refractivity contribution in [1.82, 2.24) is 0 Å². The van der Waals surface area contributed by atoms with Gasteiger partial charge in [-0.05, 0) is 93.4 Å². The van der Waals surface area contributed by atoms with Gasteiger partial charge in [0.1, 0.15) is 11.4 Å². The number of fused-ring (bicyclic) bond motifs is 4. The Morgan fingerprint density at radius 1 is 0.755 bits per heavy atom. The summed E-state index contributed by atoms with van der Waals surface area (Å²) in [6, 6.07) is 16.9. The highest BCUT2D eigenvalue weighted by atomic mass is 32.2. The highest BCUT2D eigenvalue weighted by Crippen LogP contribution is 2.54. The first-order chi connectivity index (χ1) is 24.6. The second-order valence-electron chi connectivity index (χ2n) is 15.3. The quantitative estimate of drug-likeness (QED) is 0.0725. The van der Waals surface area contributed by atoms with E-state index in [2.05, 4.69) is 50.5 Å². The minimum atomic E-state index is -4.94. The first kappa shape index (κ1) is 39.0. The van der Waals surface area contributed by atoms with Gasteiger partial charge in [-0.1, -0.05) is 51.0 Å². The predicted molar refractivity (Wildman–Crippen MR) is 206 cm³/mol. The average Bonchev–Trinajstić information content (AvgIpc) is 3.41. The summed E-state index contributed by atoms with van der Waals surface area (Å²) >= 11 is 0. The van der Waals surface area contributed by atoms with E-state index in [0.29, 0.717) is 35.2 Å². The fourth-order valence-electron chi connectivity index (χ4n) is 8.57. The van der Waals surface area contributed by atoms with E-state index < -0.39 is 51.6 Å². The van der Waals surface area contributed by atoms with E-state index in [1.165, 1.54) is 58.9 Å². The van der Waals surface area contributed by atoms with Gasteiger partial charge in [-0.3, -0.25) is 13.7 Å². The van der Waals surface area contributed by atoms with Crippen molar-refractivity contribution in [2.24, 2.45) is 0 Å².